The highest BCUT2D eigenvalue weighted by molar-refractivity contribution is 5.76. The molecular weight excluding hydrogens is 222 g/mol. The zero-order chi connectivity index (χ0) is 13.1. The summed E-state index contributed by atoms with van der Waals surface area (Å²) in [7, 11) is 0. The number of nitrogens with one attached hydrogen (secondary N) is 1. The predicted octanol–water partition coefficient (Wildman–Crippen LogP) is 0.372. The van der Waals surface area contributed by atoms with Gasteiger partial charge in [-0.1, -0.05) is 0 Å². The molecule has 1 aliphatic heterocycles. The highest BCUT2D eigenvalue weighted by Crippen LogP contribution is 2.27. The Labute approximate surface area is 101 Å². The van der Waals surface area contributed by atoms with Crippen molar-refractivity contribution >= 4 is 12.0 Å². The average molecular weight is 243 g/mol. The van der Waals surface area contributed by atoms with Crippen LogP contribution in [0.1, 0.15) is 33.1 Å². The van der Waals surface area contributed by atoms with Crippen LogP contribution >= 0.6 is 0 Å². The summed E-state index contributed by atoms with van der Waals surface area (Å²) in [5.41, 5.74) is 5.23. The third-order valence-electron chi connectivity index (χ3n) is 3.19. The van der Waals surface area contributed by atoms with Crippen molar-refractivity contribution in [3.05, 3.63) is 0 Å². The average Bonchev–Trinajstić information content (AvgIpc) is 2.57. The molecule has 2 amide bonds. The molecule has 6 nitrogen and oxygen atoms in total. The van der Waals surface area contributed by atoms with Crippen molar-refractivity contribution in [2.45, 2.75) is 44.7 Å². The second kappa shape index (κ2) is 5.35. The number of likely N-dealkylation sites (tertiary alicyclic amines) is 1. The monoisotopic (exact) mass is 243 g/mol. The van der Waals surface area contributed by atoms with Gasteiger partial charge in [-0.25, -0.2) is 4.79 Å². The molecule has 1 rings (SSSR count). The molecule has 0 unspecified atom stereocenters. The molecule has 6 heteroatoms. The molecule has 1 atom stereocenters. The van der Waals surface area contributed by atoms with Gasteiger partial charge in [0.05, 0.1) is 0 Å². The number of carboxylic acid groups (broad SMARTS) is 1. The highest BCUT2D eigenvalue weighted by atomic mass is 16.4. The first-order valence-electron chi connectivity index (χ1n) is 5.88. The van der Waals surface area contributed by atoms with Crippen molar-refractivity contribution in [3.8, 4) is 0 Å². The van der Waals surface area contributed by atoms with Crippen LogP contribution in [-0.2, 0) is 4.79 Å². The Morgan fingerprint density at radius 1 is 1.53 bits per heavy atom. The molecule has 0 spiro atoms. The summed E-state index contributed by atoms with van der Waals surface area (Å²) < 4.78 is 0. The highest BCUT2D eigenvalue weighted by Gasteiger charge is 2.35. The van der Waals surface area contributed by atoms with E-state index in [1.165, 1.54) is 0 Å². The maximum atomic E-state index is 11.8. The number of amides is 2. The summed E-state index contributed by atoms with van der Waals surface area (Å²) in [6.45, 7) is 5.10. The molecule has 1 fully saturated rings. The van der Waals surface area contributed by atoms with Gasteiger partial charge >= 0.3 is 12.0 Å². The Balaban J connectivity index is 2.33. The molecular formula is C11H21N3O3. The summed E-state index contributed by atoms with van der Waals surface area (Å²) in [5.74, 6) is -1.04. The van der Waals surface area contributed by atoms with E-state index in [1.807, 2.05) is 13.8 Å². The fraction of sp³-hybridized carbons (Fsp3) is 0.818. The predicted molar refractivity (Wildman–Crippen MR) is 63.6 cm³/mol. The van der Waals surface area contributed by atoms with Crippen molar-refractivity contribution in [2.24, 2.45) is 5.73 Å². The number of nitrogens with two attached hydrogens (primary N) is 1. The van der Waals surface area contributed by atoms with Crippen molar-refractivity contribution in [3.63, 3.8) is 0 Å². The van der Waals surface area contributed by atoms with Gasteiger partial charge in [-0.3, -0.25) is 4.79 Å². The third kappa shape index (κ3) is 3.59. The fourth-order valence-electron chi connectivity index (χ4n) is 2.04. The number of carbonyl (C=O) groups excluding carboxylic acids is 1. The van der Waals surface area contributed by atoms with E-state index in [0.717, 1.165) is 19.4 Å². The molecule has 0 bridgehead atoms. The Hall–Kier alpha value is -1.30. The second-order valence-electron chi connectivity index (χ2n) is 5.03. The normalized spacial score (nSPS) is 20.1. The second-order valence-corrected chi connectivity index (χ2v) is 5.03. The van der Waals surface area contributed by atoms with E-state index < -0.39 is 12.0 Å². The lowest BCUT2D eigenvalue weighted by atomic mass is 10.0. The Kier molecular flexibility index (Phi) is 4.34. The van der Waals surface area contributed by atoms with Crippen molar-refractivity contribution in [1.82, 2.24) is 10.2 Å². The molecule has 0 saturated carbocycles. The Morgan fingerprint density at radius 2 is 2.18 bits per heavy atom. The molecule has 0 aromatic heterocycles. The standard InChI is InChI=1S/C11H21N3O3/c1-11(2)5-3-7-14(11)10(17)13-6-4-8(12)9(15)16/h8H,3-7,12H2,1-2H3,(H,13,17)(H,15,16)/t8-/m0/s1. The first kappa shape index (κ1) is 13.8. The molecule has 1 aliphatic rings. The molecule has 4 N–H and O–H groups in total. The van der Waals surface area contributed by atoms with E-state index in [2.05, 4.69) is 5.32 Å². The van der Waals surface area contributed by atoms with Crippen LogP contribution in [0, 0.1) is 0 Å². The number of rotatable bonds is 4. The van der Waals surface area contributed by atoms with Crippen molar-refractivity contribution < 1.29 is 14.7 Å². The third-order valence-corrected chi connectivity index (χ3v) is 3.19. The van der Waals surface area contributed by atoms with Gasteiger partial charge in [-0.05, 0) is 33.1 Å². The maximum absolute atomic E-state index is 11.8. The topological polar surface area (TPSA) is 95.7 Å². The van der Waals surface area contributed by atoms with E-state index in [-0.39, 0.29) is 18.0 Å². The molecule has 0 radical (unpaired) electrons. The molecule has 0 aliphatic carbocycles. The molecule has 1 heterocycles. The van der Waals surface area contributed by atoms with Crippen molar-refractivity contribution in [2.75, 3.05) is 13.1 Å². The molecule has 98 valence electrons. The summed E-state index contributed by atoms with van der Waals surface area (Å²) in [5, 5.41) is 11.3. The SMILES string of the molecule is CC1(C)CCCN1C(=O)NCC[C@H](N)C(=O)O. The van der Waals surface area contributed by atoms with E-state index >= 15 is 0 Å². The van der Waals surface area contributed by atoms with Gasteiger partial charge in [0.25, 0.3) is 0 Å². The number of hydrogen-bond donors (Lipinski definition) is 3. The van der Waals surface area contributed by atoms with E-state index in [0.29, 0.717) is 6.54 Å². The Bertz CT molecular complexity index is 304. The molecule has 17 heavy (non-hydrogen) atoms. The minimum atomic E-state index is -1.04. The summed E-state index contributed by atoms with van der Waals surface area (Å²) in [6, 6.07) is -1.05. The van der Waals surface area contributed by atoms with Crippen LogP contribution in [0.4, 0.5) is 4.79 Å². The van der Waals surface area contributed by atoms with Crippen LogP contribution in [0.15, 0.2) is 0 Å². The van der Waals surface area contributed by atoms with Crippen LogP contribution < -0.4 is 11.1 Å². The van der Waals surface area contributed by atoms with E-state index in [9.17, 15) is 9.59 Å². The van der Waals surface area contributed by atoms with Crippen LogP contribution in [0.2, 0.25) is 0 Å². The summed E-state index contributed by atoms with van der Waals surface area (Å²) in [6.07, 6.45) is 2.25. The zero-order valence-electron chi connectivity index (χ0n) is 10.4. The van der Waals surface area contributed by atoms with Gasteiger partial charge in [-0.2, -0.15) is 0 Å². The van der Waals surface area contributed by atoms with Crippen molar-refractivity contribution in [1.29, 1.82) is 0 Å². The van der Waals surface area contributed by atoms with Gasteiger partial charge in [0.1, 0.15) is 6.04 Å². The van der Waals surface area contributed by atoms with Gasteiger partial charge in [0.15, 0.2) is 0 Å². The summed E-state index contributed by atoms with van der Waals surface area (Å²) >= 11 is 0. The number of urea groups is 1. The van der Waals surface area contributed by atoms with E-state index in [1.54, 1.807) is 4.90 Å². The molecule has 0 aromatic rings. The first-order valence-corrected chi connectivity index (χ1v) is 5.88. The number of carbonyl (C=O) groups is 2. The fourth-order valence-corrected chi connectivity index (χ4v) is 2.04. The number of aliphatic carboxylic acids is 1. The lowest BCUT2D eigenvalue weighted by molar-refractivity contribution is -0.138. The van der Waals surface area contributed by atoms with Crippen LogP contribution in [0.3, 0.4) is 0 Å². The lowest BCUT2D eigenvalue weighted by Gasteiger charge is -2.31. The Morgan fingerprint density at radius 3 is 2.65 bits per heavy atom. The van der Waals surface area contributed by atoms with Crippen LogP contribution in [-0.4, -0.2) is 46.7 Å². The molecule has 1 saturated heterocycles. The van der Waals surface area contributed by atoms with Crippen LogP contribution in [0.25, 0.3) is 0 Å². The lowest BCUT2D eigenvalue weighted by Crippen LogP contribution is -2.48. The van der Waals surface area contributed by atoms with Gasteiger partial charge in [0, 0.05) is 18.6 Å². The smallest absolute Gasteiger partial charge is 0.320 e. The summed E-state index contributed by atoms with van der Waals surface area (Å²) in [4.78, 5) is 24.1. The number of nitrogens with zero attached hydrogens (tertiary/aromatic N) is 1. The van der Waals surface area contributed by atoms with E-state index in [4.69, 9.17) is 10.8 Å². The number of carboxylic acids is 1. The quantitative estimate of drug-likeness (QED) is 0.664. The minimum absolute atomic E-state index is 0.112. The van der Waals surface area contributed by atoms with Crippen LogP contribution in [0.5, 0.6) is 0 Å². The van der Waals surface area contributed by atoms with Gasteiger partial charge < -0.3 is 21.1 Å². The van der Waals surface area contributed by atoms with Gasteiger partial charge in [-0.15, -0.1) is 0 Å². The first-order chi connectivity index (χ1) is 7.84. The largest absolute Gasteiger partial charge is 0.480 e. The molecule has 0 aromatic carbocycles. The number of hydrogen-bond acceptors (Lipinski definition) is 3. The minimum Gasteiger partial charge on any atom is -0.480 e. The zero-order valence-corrected chi connectivity index (χ0v) is 10.4. The van der Waals surface area contributed by atoms with Gasteiger partial charge in [0.2, 0.25) is 0 Å². The maximum Gasteiger partial charge on any atom is 0.320 e.